The number of hydrogen-bond donors (Lipinski definition) is 0. The van der Waals surface area contributed by atoms with Crippen molar-refractivity contribution in [3.8, 4) is 44.8 Å². The third kappa shape index (κ3) is 7.71. The molecule has 6 aromatic heterocycles. The fourth-order valence-corrected chi connectivity index (χ4v) is 8.72. The minimum atomic E-state index is -3.40. The van der Waals surface area contributed by atoms with Gasteiger partial charge in [-0.15, -0.1) is 10.2 Å². The van der Waals surface area contributed by atoms with E-state index in [1.165, 1.54) is 12.5 Å². The highest BCUT2D eigenvalue weighted by molar-refractivity contribution is 7.91. The minimum absolute atomic E-state index is 0.215. The number of aromatic nitrogens is 8. The lowest BCUT2D eigenvalue weighted by molar-refractivity contribution is 0.600. The van der Waals surface area contributed by atoms with Crippen molar-refractivity contribution in [1.29, 1.82) is 0 Å². The zero-order chi connectivity index (χ0) is 44.0. The molecule has 64 heavy (non-hydrogen) atoms. The number of nitrogens with zero attached hydrogens (tertiary/aromatic N) is 10. The highest BCUT2D eigenvalue weighted by Gasteiger charge is 2.28. The Morgan fingerprint density at radius 3 is 1.12 bits per heavy atom. The van der Waals surface area contributed by atoms with Gasteiger partial charge >= 0.3 is 0 Å². The van der Waals surface area contributed by atoms with Gasteiger partial charge in [0, 0.05) is 48.4 Å². The maximum absolute atomic E-state index is 12.3. The number of pyridine rings is 2. The Labute approximate surface area is 368 Å². The molecule has 0 saturated heterocycles. The van der Waals surface area contributed by atoms with Gasteiger partial charge in [-0.1, -0.05) is 60.7 Å². The van der Waals surface area contributed by atoms with Crippen molar-refractivity contribution in [3.05, 3.63) is 183 Å². The Hall–Kier alpha value is -8.08. The highest BCUT2D eigenvalue weighted by Crippen LogP contribution is 2.37. The predicted molar refractivity (Wildman–Crippen MR) is 247 cm³/mol. The summed E-state index contributed by atoms with van der Waals surface area (Å²) in [5.41, 5.74) is 9.48. The molecule has 0 aliphatic heterocycles. The Morgan fingerprint density at radius 1 is 0.406 bits per heavy atom. The average Bonchev–Trinajstić information content (AvgIpc) is 3.95. The van der Waals surface area contributed by atoms with Crippen LogP contribution in [0, 0.1) is 0 Å². The van der Waals surface area contributed by atoms with Gasteiger partial charge in [-0.3, -0.25) is 9.97 Å². The maximum atomic E-state index is 12.3. The van der Waals surface area contributed by atoms with Gasteiger partial charge in [0.15, 0.2) is 19.7 Å². The second-order valence-corrected chi connectivity index (χ2v) is 19.1. The normalized spacial score (nSPS) is 11.8. The van der Waals surface area contributed by atoms with E-state index in [0.29, 0.717) is 22.4 Å². The van der Waals surface area contributed by atoms with Gasteiger partial charge in [0.25, 0.3) is 11.9 Å². The molecule has 0 aliphatic rings. The molecule has 10 rings (SSSR count). The summed E-state index contributed by atoms with van der Waals surface area (Å²) in [7, 11) is -6.81. The Balaban J connectivity index is 1.18. The van der Waals surface area contributed by atoms with Crippen LogP contribution in [0.25, 0.3) is 55.8 Å². The SMILES string of the molecule is CS(=O)(=O)c1ccc(-c2ccc3cnc(N(c4ccc(-c5cccnc5)cc4)N(c4ccc(-c5cccnc5)cc4)c4ncc5ccc(-c6ccc(S(C)(=O)=O)cc6)n5n4)nn23)cc1. The maximum Gasteiger partial charge on any atom is 0.267 e. The molecule has 0 radical (unpaired) electrons. The van der Waals surface area contributed by atoms with Crippen LogP contribution in [0.1, 0.15) is 0 Å². The van der Waals surface area contributed by atoms with Crippen LogP contribution in [0.3, 0.4) is 0 Å². The predicted octanol–water partition coefficient (Wildman–Crippen LogP) is 8.93. The minimum Gasteiger partial charge on any atom is -0.264 e. The summed E-state index contributed by atoms with van der Waals surface area (Å²) in [4.78, 5) is 19.0. The number of anilines is 4. The van der Waals surface area contributed by atoms with Crippen molar-refractivity contribution >= 4 is 54.0 Å². The van der Waals surface area contributed by atoms with E-state index >= 15 is 0 Å². The first kappa shape index (κ1) is 40.0. The molecular formula is C48H36N10O4S2. The van der Waals surface area contributed by atoms with Crippen LogP contribution in [-0.2, 0) is 19.7 Å². The molecule has 314 valence electrons. The van der Waals surface area contributed by atoms with E-state index in [9.17, 15) is 16.8 Å². The molecule has 0 fully saturated rings. The lowest BCUT2D eigenvalue weighted by Gasteiger charge is -2.34. The van der Waals surface area contributed by atoms with Gasteiger partial charge in [-0.2, -0.15) is 0 Å². The number of sulfone groups is 2. The van der Waals surface area contributed by atoms with Gasteiger partial charge in [0.1, 0.15) is 0 Å². The molecular weight excluding hydrogens is 845 g/mol. The third-order valence-corrected chi connectivity index (χ3v) is 13.0. The lowest BCUT2D eigenvalue weighted by Crippen LogP contribution is -2.38. The summed E-state index contributed by atoms with van der Waals surface area (Å²) in [6, 6.07) is 44.7. The fourth-order valence-electron chi connectivity index (χ4n) is 7.46. The molecule has 10 aromatic rings. The summed E-state index contributed by atoms with van der Waals surface area (Å²) in [5, 5.41) is 14.0. The quantitative estimate of drug-likeness (QED) is 0.114. The van der Waals surface area contributed by atoms with Crippen LogP contribution in [0.15, 0.2) is 193 Å². The Bertz CT molecular complexity index is 3290. The van der Waals surface area contributed by atoms with E-state index in [1.807, 2.05) is 119 Å². The van der Waals surface area contributed by atoms with E-state index in [1.54, 1.807) is 82.3 Å². The summed E-state index contributed by atoms with van der Waals surface area (Å²) in [6.07, 6.45) is 12.9. The Morgan fingerprint density at radius 2 is 0.781 bits per heavy atom. The number of benzene rings is 4. The van der Waals surface area contributed by atoms with Crippen molar-refractivity contribution in [2.75, 3.05) is 22.5 Å². The first-order valence-electron chi connectivity index (χ1n) is 19.9. The van der Waals surface area contributed by atoms with Gasteiger partial charge in [0.2, 0.25) is 0 Å². The molecule has 6 heterocycles. The van der Waals surface area contributed by atoms with Gasteiger partial charge < -0.3 is 0 Å². The monoisotopic (exact) mass is 880 g/mol. The van der Waals surface area contributed by atoms with Crippen LogP contribution in [0.5, 0.6) is 0 Å². The first-order valence-corrected chi connectivity index (χ1v) is 23.7. The van der Waals surface area contributed by atoms with Crippen LogP contribution >= 0.6 is 0 Å². The molecule has 16 heteroatoms. The zero-order valence-corrected chi connectivity index (χ0v) is 35.9. The summed E-state index contributed by atoms with van der Waals surface area (Å²) >= 11 is 0. The van der Waals surface area contributed by atoms with Crippen molar-refractivity contribution < 1.29 is 16.8 Å². The second kappa shape index (κ2) is 16.0. The van der Waals surface area contributed by atoms with Crippen LogP contribution in [0.2, 0.25) is 0 Å². The Kier molecular flexibility index (Phi) is 10.0. The van der Waals surface area contributed by atoms with Gasteiger partial charge in [-0.05, 0) is 107 Å². The molecule has 0 bridgehead atoms. The summed E-state index contributed by atoms with van der Waals surface area (Å²) in [6.45, 7) is 0. The van der Waals surface area contributed by atoms with E-state index in [2.05, 4.69) is 9.97 Å². The number of rotatable bonds is 11. The molecule has 0 aliphatic carbocycles. The molecule has 0 spiro atoms. The highest BCUT2D eigenvalue weighted by atomic mass is 32.2. The molecule has 14 nitrogen and oxygen atoms in total. The molecule has 0 atom stereocenters. The fraction of sp³-hybridized carbons (Fsp3) is 0.0417. The number of hydrazine groups is 1. The van der Waals surface area contributed by atoms with Crippen molar-refractivity contribution in [2.45, 2.75) is 9.79 Å². The second-order valence-electron chi connectivity index (χ2n) is 15.0. The number of fused-ring (bicyclic) bond motifs is 2. The lowest BCUT2D eigenvalue weighted by atomic mass is 10.1. The van der Waals surface area contributed by atoms with Crippen LogP contribution in [0.4, 0.5) is 23.3 Å². The van der Waals surface area contributed by atoms with Gasteiger partial charge in [-0.25, -0.2) is 45.9 Å². The van der Waals surface area contributed by atoms with Crippen LogP contribution in [-0.4, -0.2) is 68.5 Å². The molecule has 0 unspecified atom stereocenters. The van der Waals surface area contributed by atoms with Crippen molar-refractivity contribution in [1.82, 2.24) is 39.2 Å². The average molecular weight is 881 g/mol. The van der Waals surface area contributed by atoms with E-state index in [-0.39, 0.29) is 21.7 Å². The zero-order valence-electron chi connectivity index (χ0n) is 34.2. The number of hydrogen-bond acceptors (Lipinski definition) is 12. The van der Waals surface area contributed by atoms with E-state index < -0.39 is 19.7 Å². The van der Waals surface area contributed by atoms with Crippen molar-refractivity contribution in [2.24, 2.45) is 0 Å². The molecule has 0 saturated carbocycles. The smallest absolute Gasteiger partial charge is 0.264 e. The first-order chi connectivity index (χ1) is 31.0. The standard InChI is InChI=1S/C48H36N10O4S2/c1-63(59,60)43-21-11-35(12-22-43)45-25-19-41-31-51-47(53-55(41)45)57(39-15-7-33(8-16-39)37-5-3-27-49-29-37)58(40-17-9-34(10-18-40)38-6-4-28-50-30-38)48-52-32-42-20-26-46(56(42)54-48)36-13-23-44(24-14-36)64(2,61)62/h3-32H,1-2H3. The van der Waals surface area contributed by atoms with Gasteiger partial charge in [0.05, 0.1) is 56.0 Å². The van der Waals surface area contributed by atoms with E-state index in [0.717, 1.165) is 44.8 Å². The van der Waals surface area contributed by atoms with Crippen molar-refractivity contribution in [3.63, 3.8) is 0 Å². The topological polar surface area (TPSA) is 161 Å². The third-order valence-electron chi connectivity index (χ3n) is 10.7. The molecule has 4 aromatic carbocycles. The summed E-state index contributed by atoms with van der Waals surface area (Å²) < 4.78 is 52.8. The largest absolute Gasteiger partial charge is 0.267 e. The molecule has 0 N–H and O–H groups in total. The molecule has 0 amide bonds. The summed E-state index contributed by atoms with van der Waals surface area (Å²) in [5.74, 6) is 0.520. The van der Waals surface area contributed by atoms with E-state index in [4.69, 9.17) is 20.2 Å². The van der Waals surface area contributed by atoms with Crippen LogP contribution < -0.4 is 10.0 Å².